The highest BCUT2D eigenvalue weighted by Gasteiger charge is 2.41. The van der Waals surface area contributed by atoms with Gasteiger partial charge in [-0.2, -0.15) is 4.31 Å². The first kappa shape index (κ1) is 23.4. The molecule has 1 aliphatic rings. The second kappa shape index (κ2) is 9.75. The number of carbonyl (C=O) groups is 1. The molecule has 0 aliphatic carbocycles. The molecule has 1 atom stereocenters. The Morgan fingerprint density at radius 1 is 1.03 bits per heavy atom. The van der Waals surface area contributed by atoms with Crippen LogP contribution in [0.5, 0.6) is 0 Å². The Kier molecular flexibility index (Phi) is 6.72. The number of piperidine rings is 1. The van der Waals surface area contributed by atoms with E-state index in [4.69, 9.17) is 16.6 Å². The number of thiophene rings is 1. The summed E-state index contributed by atoms with van der Waals surface area (Å²) in [6.45, 7) is 0.613. The second-order valence-corrected chi connectivity index (χ2v) is 12.9. The topological polar surface area (TPSA) is 70.6 Å². The maximum Gasteiger partial charge on any atom is 0.253 e. The lowest BCUT2D eigenvalue weighted by molar-refractivity contribution is -0.123. The number of nitrogens with zero attached hydrogens (tertiary/aromatic N) is 3. The molecule has 5 rings (SSSR count). The molecule has 1 saturated heterocycles. The molecule has 0 radical (unpaired) electrons. The summed E-state index contributed by atoms with van der Waals surface area (Å²) in [4.78, 5) is 20.4. The van der Waals surface area contributed by atoms with Crippen molar-refractivity contribution in [1.29, 1.82) is 0 Å². The normalized spacial score (nSPS) is 17.1. The first-order valence-electron chi connectivity index (χ1n) is 10.9. The zero-order chi connectivity index (χ0) is 23.7. The number of fused-ring (bicyclic) bond motifs is 1. The van der Waals surface area contributed by atoms with Gasteiger partial charge in [0, 0.05) is 6.54 Å². The van der Waals surface area contributed by atoms with E-state index in [1.807, 2.05) is 54.6 Å². The predicted molar refractivity (Wildman–Crippen MR) is 138 cm³/mol. The number of thiazole rings is 1. The average Bonchev–Trinajstić information content (AvgIpc) is 3.49. The molecular weight excluding hydrogens is 510 g/mol. The summed E-state index contributed by atoms with van der Waals surface area (Å²) in [5, 5.41) is 0.567. The summed E-state index contributed by atoms with van der Waals surface area (Å²) in [5.41, 5.74) is 1.76. The van der Waals surface area contributed by atoms with Gasteiger partial charge in [-0.05, 0) is 42.7 Å². The van der Waals surface area contributed by atoms with Gasteiger partial charge in [0.2, 0.25) is 5.91 Å². The average molecular weight is 532 g/mol. The number of para-hydroxylation sites is 1. The Labute approximate surface area is 211 Å². The highest BCUT2D eigenvalue weighted by molar-refractivity contribution is 7.91. The van der Waals surface area contributed by atoms with Crippen LogP contribution < -0.4 is 4.90 Å². The molecule has 176 valence electrons. The summed E-state index contributed by atoms with van der Waals surface area (Å²) in [6, 6.07) is 19.7. The number of halogens is 1. The fourth-order valence-corrected chi connectivity index (χ4v) is 8.39. The van der Waals surface area contributed by atoms with Crippen LogP contribution in [0.1, 0.15) is 24.8 Å². The summed E-state index contributed by atoms with van der Waals surface area (Å²) in [6.07, 6.45) is 1.96. The number of benzene rings is 2. The van der Waals surface area contributed by atoms with Crippen molar-refractivity contribution < 1.29 is 13.2 Å². The van der Waals surface area contributed by atoms with Gasteiger partial charge < -0.3 is 0 Å². The number of aromatic nitrogens is 1. The smallest absolute Gasteiger partial charge is 0.253 e. The fourth-order valence-electron chi connectivity index (χ4n) is 4.15. The SMILES string of the molecule is O=C(C1CCCCN1S(=O)(=O)c1ccc(Cl)s1)N(Cc1ccccc1)c1nc2ccccc2s1. The number of rotatable bonds is 6. The van der Waals surface area contributed by atoms with Crippen LogP contribution in [0.3, 0.4) is 0 Å². The number of carbonyl (C=O) groups excluding carboxylic acids is 1. The van der Waals surface area contributed by atoms with Crippen LogP contribution in [0.4, 0.5) is 5.13 Å². The quantitative estimate of drug-likeness (QED) is 0.316. The predicted octanol–water partition coefficient (Wildman–Crippen LogP) is 5.79. The third-order valence-electron chi connectivity index (χ3n) is 5.81. The molecule has 4 aromatic rings. The number of hydrogen-bond donors (Lipinski definition) is 0. The molecule has 3 heterocycles. The van der Waals surface area contributed by atoms with E-state index in [9.17, 15) is 13.2 Å². The van der Waals surface area contributed by atoms with Gasteiger partial charge in [0.15, 0.2) is 5.13 Å². The standard InChI is InChI=1S/C24H22ClN3O3S3/c25-21-13-14-22(33-21)34(30,31)28-15-7-6-11-19(28)23(29)27(16-17-8-2-1-3-9-17)24-26-18-10-4-5-12-20(18)32-24/h1-5,8-10,12-14,19H,6-7,11,15-16H2. The van der Waals surface area contributed by atoms with Crippen molar-refractivity contribution in [1.82, 2.24) is 9.29 Å². The van der Waals surface area contributed by atoms with Gasteiger partial charge in [0.05, 0.1) is 21.1 Å². The molecule has 2 aromatic carbocycles. The van der Waals surface area contributed by atoms with Crippen molar-refractivity contribution in [3.8, 4) is 0 Å². The van der Waals surface area contributed by atoms with E-state index < -0.39 is 16.1 Å². The van der Waals surface area contributed by atoms with Gasteiger partial charge in [0.1, 0.15) is 10.3 Å². The maximum atomic E-state index is 14.0. The Morgan fingerprint density at radius 2 is 1.79 bits per heavy atom. The number of hydrogen-bond acceptors (Lipinski definition) is 6. The van der Waals surface area contributed by atoms with E-state index in [2.05, 4.69) is 0 Å². The molecular formula is C24H22ClN3O3S3. The molecule has 0 bridgehead atoms. The van der Waals surface area contributed by atoms with Crippen molar-refractivity contribution in [2.24, 2.45) is 0 Å². The molecule has 1 aliphatic heterocycles. The molecule has 0 saturated carbocycles. The zero-order valence-electron chi connectivity index (χ0n) is 18.1. The van der Waals surface area contributed by atoms with Gasteiger partial charge in [0.25, 0.3) is 10.0 Å². The summed E-state index contributed by atoms with van der Waals surface area (Å²) in [7, 11) is -3.85. The Hall–Kier alpha value is -2.30. The molecule has 1 fully saturated rings. The minimum absolute atomic E-state index is 0.159. The lowest BCUT2D eigenvalue weighted by Gasteiger charge is -2.35. The minimum Gasteiger partial charge on any atom is -0.282 e. The summed E-state index contributed by atoms with van der Waals surface area (Å²) >= 11 is 8.47. The van der Waals surface area contributed by atoms with Crippen molar-refractivity contribution in [3.63, 3.8) is 0 Å². The Morgan fingerprint density at radius 3 is 2.53 bits per heavy atom. The van der Waals surface area contributed by atoms with Crippen LogP contribution in [0, 0.1) is 0 Å². The van der Waals surface area contributed by atoms with Crippen molar-refractivity contribution in [2.45, 2.75) is 36.1 Å². The van der Waals surface area contributed by atoms with Crippen molar-refractivity contribution in [2.75, 3.05) is 11.4 Å². The fraction of sp³-hybridized carbons (Fsp3) is 0.250. The minimum atomic E-state index is -3.85. The van der Waals surface area contributed by atoms with Crippen LogP contribution >= 0.6 is 34.3 Å². The molecule has 1 amide bonds. The molecule has 34 heavy (non-hydrogen) atoms. The van der Waals surface area contributed by atoms with E-state index in [1.54, 1.807) is 11.0 Å². The van der Waals surface area contributed by atoms with Gasteiger partial charge >= 0.3 is 0 Å². The van der Waals surface area contributed by atoms with Crippen molar-refractivity contribution in [3.05, 3.63) is 76.6 Å². The first-order valence-corrected chi connectivity index (χ1v) is 14.4. The molecule has 2 aromatic heterocycles. The largest absolute Gasteiger partial charge is 0.282 e. The molecule has 1 unspecified atom stereocenters. The second-order valence-electron chi connectivity index (χ2n) is 8.06. The van der Waals surface area contributed by atoms with E-state index in [0.717, 1.165) is 33.5 Å². The van der Waals surface area contributed by atoms with Gasteiger partial charge in [-0.25, -0.2) is 13.4 Å². The van der Waals surface area contributed by atoms with E-state index in [-0.39, 0.29) is 10.1 Å². The highest BCUT2D eigenvalue weighted by atomic mass is 35.5. The number of amides is 1. The Bertz CT molecular complexity index is 1390. The van der Waals surface area contributed by atoms with E-state index >= 15 is 0 Å². The van der Waals surface area contributed by atoms with Crippen LogP contribution in [-0.2, 0) is 21.4 Å². The molecule has 0 spiro atoms. The molecule has 10 heteroatoms. The third kappa shape index (κ3) is 4.63. The molecule has 0 N–H and O–H groups in total. The maximum absolute atomic E-state index is 14.0. The van der Waals surface area contributed by atoms with E-state index in [0.29, 0.717) is 35.4 Å². The lowest BCUT2D eigenvalue weighted by atomic mass is 10.0. The van der Waals surface area contributed by atoms with Crippen LogP contribution in [0.25, 0.3) is 10.2 Å². The number of sulfonamides is 1. The van der Waals surface area contributed by atoms with Crippen LogP contribution in [-0.4, -0.2) is 36.2 Å². The van der Waals surface area contributed by atoms with Gasteiger partial charge in [-0.1, -0.05) is 71.8 Å². The summed E-state index contributed by atoms with van der Waals surface area (Å²) < 4.78 is 29.8. The highest BCUT2D eigenvalue weighted by Crippen LogP contribution is 2.35. The van der Waals surface area contributed by atoms with Gasteiger partial charge in [-0.3, -0.25) is 9.69 Å². The lowest BCUT2D eigenvalue weighted by Crippen LogP contribution is -2.52. The monoisotopic (exact) mass is 531 g/mol. The van der Waals surface area contributed by atoms with E-state index in [1.165, 1.54) is 21.7 Å². The summed E-state index contributed by atoms with van der Waals surface area (Å²) in [5.74, 6) is -0.256. The van der Waals surface area contributed by atoms with Crippen LogP contribution in [0.2, 0.25) is 4.34 Å². The Balaban J connectivity index is 1.53. The van der Waals surface area contributed by atoms with Crippen molar-refractivity contribution >= 4 is 65.6 Å². The van der Waals surface area contributed by atoms with Gasteiger partial charge in [-0.15, -0.1) is 11.3 Å². The first-order chi connectivity index (χ1) is 16.4. The third-order valence-corrected chi connectivity index (χ3v) is 10.5. The molecule has 6 nitrogen and oxygen atoms in total. The van der Waals surface area contributed by atoms with Crippen LogP contribution in [0.15, 0.2) is 70.9 Å². The number of anilines is 1. The zero-order valence-corrected chi connectivity index (χ0v) is 21.3.